The lowest BCUT2D eigenvalue weighted by Crippen LogP contribution is -2.58. The Kier molecular flexibility index (Phi) is 5.55. The molecule has 1 fully saturated rings. The van der Waals surface area contributed by atoms with Gasteiger partial charge in [0.1, 0.15) is 5.82 Å². The maximum absolute atomic E-state index is 12.8. The zero-order valence-electron chi connectivity index (χ0n) is 16.2. The van der Waals surface area contributed by atoms with Crippen LogP contribution >= 0.6 is 0 Å². The molecule has 0 spiro atoms. The number of nitrogens with zero attached hydrogens (tertiary/aromatic N) is 4. The van der Waals surface area contributed by atoms with Gasteiger partial charge >= 0.3 is 0 Å². The Hall–Kier alpha value is -2.02. The summed E-state index contributed by atoms with van der Waals surface area (Å²) < 4.78 is 0. The second-order valence-corrected chi connectivity index (χ2v) is 7.95. The van der Waals surface area contributed by atoms with Crippen LogP contribution in [0.5, 0.6) is 0 Å². The fourth-order valence-electron chi connectivity index (χ4n) is 3.69. The van der Waals surface area contributed by atoms with Gasteiger partial charge in [0.25, 0.3) is 0 Å². The molecule has 0 radical (unpaired) electrons. The molecular weight excluding hydrogens is 330 g/mol. The number of aromatic nitrogens is 2. The van der Waals surface area contributed by atoms with E-state index in [4.69, 9.17) is 0 Å². The summed E-state index contributed by atoms with van der Waals surface area (Å²) in [4.78, 5) is 38.1. The number of piperazine rings is 1. The van der Waals surface area contributed by atoms with Crippen molar-refractivity contribution >= 4 is 11.8 Å². The van der Waals surface area contributed by atoms with Gasteiger partial charge in [0.05, 0.1) is 24.7 Å². The summed E-state index contributed by atoms with van der Waals surface area (Å²) >= 11 is 0. The van der Waals surface area contributed by atoms with Crippen molar-refractivity contribution in [3.05, 3.63) is 23.3 Å². The van der Waals surface area contributed by atoms with Crippen molar-refractivity contribution in [2.75, 3.05) is 13.1 Å². The summed E-state index contributed by atoms with van der Waals surface area (Å²) in [6, 6.07) is -0.151. The van der Waals surface area contributed by atoms with Gasteiger partial charge in [-0.15, -0.1) is 0 Å². The monoisotopic (exact) mass is 359 g/mol. The van der Waals surface area contributed by atoms with E-state index in [1.807, 2.05) is 6.20 Å². The summed E-state index contributed by atoms with van der Waals surface area (Å²) in [5.41, 5.74) is 1.96. The molecule has 0 unspecified atom stereocenters. The predicted octanol–water partition coefficient (Wildman–Crippen LogP) is 1.12. The Balaban J connectivity index is 1.66. The molecule has 2 aliphatic heterocycles. The predicted molar refractivity (Wildman–Crippen MR) is 98.1 cm³/mol. The van der Waals surface area contributed by atoms with E-state index in [1.54, 1.807) is 4.90 Å². The summed E-state index contributed by atoms with van der Waals surface area (Å²) in [6.45, 7) is 10.9. The van der Waals surface area contributed by atoms with Crippen LogP contribution in [0.2, 0.25) is 0 Å². The third-order valence-electron chi connectivity index (χ3n) is 5.05. The third-order valence-corrected chi connectivity index (χ3v) is 5.05. The Morgan fingerprint density at radius 1 is 1.31 bits per heavy atom. The lowest BCUT2D eigenvalue weighted by atomic mass is 10.1. The summed E-state index contributed by atoms with van der Waals surface area (Å²) in [6.07, 6.45) is 2.90. The molecule has 1 N–H and O–H groups in total. The average Bonchev–Trinajstić information content (AvgIpc) is 2.99. The van der Waals surface area contributed by atoms with E-state index in [1.165, 1.54) is 0 Å². The van der Waals surface area contributed by atoms with Crippen molar-refractivity contribution in [2.45, 2.75) is 65.7 Å². The highest BCUT2D eigenvalue weighted by atomic mass is 16.2. The largest absolute Gasteiger partial charge is 0.353 e. The first-order valence-electron chi connectivity index (χ1n) is 9.50. The first kappa shape index (κ1) is 18.8. The van der Waals surface area contributed by atoms with E-state index in [0.717, 1.165) is 30.0 Å². The van der Waals surface area contributed by atoms with Crippen LogP contribution in [0, 0.1) is 5.92 Å². The molecule has 1 aromatic rings. The molecular formula is C19H29N5O2. The van der Waals surface area contributed by atoms with Gasteiger partial charge < -0.3 is 10.2 Å². The van der Waals surface area contributed by atoms with E-state index in [-0.39, 0.29) is 30.3 Å². The quantitative estimate of drug-likeness (QED) is 0.852. The van der Waals surface area contributed by atoms with Crippen LogP contribution in [-0.2, 0) is 29.1 Å². The standard InChI is InChI=1S/C19H29N5O2/c1-12(2)7-17-21-9-14-10-23(11-15(14)22-17)18(25)8-16-19(26)20-5-6-24(16)13(3)4/h9,12-13,16H,5-8,10-11H2,1-4H3,(H,20,26)/t16-/m0/s1. The van der Waals surface area contributed by atoms with Gasteiger partial charge in [0.15, 0.2) is 0 Å². The smallest absolute Gasteiger partial charge is 0.237 e. The zero-order valence-corrected chi connectivity index (χ0v) is 16.2. The zero-order chi connectivity index (χ0) is 18.8. The van der Waals surface area contributed by atoms with Gasteiger partial charge in [0, 0.05) is 43.9 Å². The molecule has 1 aromatic heterocycles. The normalized spacial score (nSPS) is 20.6. The van der Waals surface area contributed by atoms with Gasteiger partial charge in [-0.1, -0.05) is 13.8 Å². The van der Waals surface area contributed by atoms with Gasteiger partial charge in [0.2, 0.25) is 11.8 Å². The molecule has 0 saturated carbocycles. The molecule has 2 aliphatic rings. The minimum atomic E-state index is -0.387. The molecule has 3 heterocycles. The van der Waals surface area contributed by atoms with Crippen molar-refractivity contribution < 1.29 is 9.59 Å². The van der Waals surface area contributed by atoms with Crippen LogP contribution in [0.4, 0.5) is 0 Å². The molecule has 0 bridgehead atoms. The molecule has 1 atom stereocenters. The van der Waals surface area contributed by atoms with Gasteiger partial charge in [-0.2, -0.15) is 0 Å². The van der Waals surface area contributed by atoms with Crippen molar-refractivity contribution in [3.8, 4) is 0 Å². The van der Waals surface area contributed by atoms with E-state index in [2.05, 4.69) is 47.9 Å². The van der Waals surface area contributed by atoms with E-state index in [0.29, 0.717) is 25.6 Å². The first-order chi connectivity index (χ1) is 12.3. The minimum absolute atomic E-state index is 0.00103. The van der Waals surface area contributed by atoms with Crippen molar-refractivity contribution in [2.24, 2.45) is 5.92 Å². The van der Waals surface area contributed by atoms with E-state index >= 15 is 0 Å². The molecule has 3 rings (SSSR count). The third kappa shape index (κ3) is 4.03. The van der Waals surface area contributed by atoms with Gasteiger partial charge in [-0.25, -0.2) is 9.97 Å². The second-order valence-electron chi connectivity index (χ2n) is 7.95. The number of fused-ring (bicyclic) bond motifs is 1. The Labute approximate surface area is 155 Å². The van der Waals surface area contributed by atoms with Crippen molar-refractivity contribution in [1.82, 2.24) is 25.1 Å². The second kappa shape index (κ2) is 7.70. The Morgan fingerprint density at radius 2 is 2.08 bits per heavy atom. The van der Waals surface area contributed by atoms with Crippen LogP contribution in [-0.4, -0.2) is 56.8 Å². The number of carbonyl (C=O) groups excluding carboxylic acids is 2. The Morgan fingerprint density at radius 3 is 2.77 bits per heavy atom. The van der Waals surface area contributed by atoms with E-state index in [9.17, 15) is 9.59 Å². The highest BCUT2D eigenvalue weighted by molar-refractivity contribution is 5.89. The fourth-order valence-corrected chi connectivity index (χ4v) is 3.69. The molecule has 26 heavy (non-hydrogen) atoms. The number of hydrogen-bond acceptors (Lipinski definition) is 5. The molecule has 7 nitrogen and oxygen atoms in total. The molecule has 1 saturated heterocycles. The lowest BCUT2D eigenvalue weighted by molar-refractivity contribution is -0.140. The lowest BCUT2D eigenvalue weighted by Gasteiger charge is -2.38. The first-order valence-corrected chi connectivity index (χ1v) is 9.50. The number of nitrogens with one attached hydrogen (secondary N) is 1. The SMILES string of the molecule is CC(C)Cc1ncc2c(n1)CN(C(=O)C[C@H]1C(=O)NCCN1C(C)C)C2. The molecule has 0 aromatic carbocycles. The molecule has 0 aliphatic carbocycles. The molecule has 7 heteroatoms. The average molecular weight is 359 g/mol. The maximum atomic E-state index is 12.8. The van der Waals surface area contributed by atoms with E-state index < -0.39 is 0 Å². The van der Waals surface area contributed by atoms with Crippen LogP contribution in [0.15, 0.2) is 6.20 Å². The highest BCUT2D eigenvalue weighted by Crippen LogP contribution is 2.23. The molecule has 2 amide bonds. The fraction of sp³-hybridized carbons (Fsp3) is 0.684. The summed E-state index contributed by atoms with van der Waals surface area (Å²) in [5, 5.41) is 2.88. The van der Waals surface area contributed by atoms with Gasteiger partial charge in [-0.3, -0.25) is 14.5 Å². The van der Waals surface area contributed by atoms with Crippen molar-refractivity contribution in [1.29, 1.82) is 0 Å². The maximum Gasteiger partial charge on any atom is 0.237 e. The highest BCUT2D eigenvalue weighted by Gasteiger charge is 2.35. The molecule has 142 valence electrons. The summed E-state index contributed by atoms with van der Waals surface area (Å²) in [5.74, 6) is 1.29. The van der Waals surface area contributed by atoms with Crippen LogP contribution in [0.25, 0.3) is 0 Å². The number of amides is 2. The van der Waals surface area contributed by atoms with Gasteiger partial charge in [-0.05, 0) is 19.8 Å². The number of carbonyl (C=O) groups is 2. The van der Waals surface area contributed by atoms with Crippen LogP contribution in [0.1, 0.15) is 51.2 Å². The van der Waals surface area contributed by atoms with Crippen LogP contribution < -0.4 is 5.32 Å². The number of hydrogen-bond donors (Lipinski definition) is 1. The van der Waals surface area contributed by atoms with Crippen molar-refractivity contribution in [3.63, 3.8) is 0 Å². The number of rotatable bonds is 5. The minimum Gasteiger partial charge on any atom is -0.353 e. The summed E-state index contributed by atoms with van der Waals surface area (Å²) in [7, 11) is 0. The Bertz CT molecular complexity index is 689. The van der Waals surface area contributed by atoms with Crippen LogP contribution in [0.3, 0.4) is 0 Å². The topological polar surface area (TPSA) is 78.4 Å².